The molecule has 2 unspecified atom stereocenters. The molecule has 0 aromatic carbocycles. The molecule has 2 rings (SSSR count). The Bertz CT molecular complexity index is 519. The summed E-state index contributed by atoms with van der Waals surface area (Å²) < 4.78 is 5.53. The van der Waals surface area contributed by atoms with Crippen molar-refractivity contribution in [1.29, 1.82) is 0 Å². The number of nitrogens with zero attached hydrogens (tertiary/aromatic N) is 1. The fourth-order valence-electron chi connectivity index (χ4n) is 2.88. The third kappa shape index (κ3) is 4.32. The maximum Gasteiger partial charge on any atom is 0.410 e. The molecule has 1 aromatic heterocycles. The zero-order valence-electron chi connectivity index (χ0n) is 13.8. The van der Waals surface area contributed by atoms with Crippen molar-refractivity contribution < 1.29 is 14.3 Å². The van der Waals surface area contributed by atoms with E-state index in [4.69, 9.17) is 4.74 Å². The number of ketones is 1. The molecular weight excluding hydrogens is 298 g/mol. The van der Waals surface area contributed by atoms with Crippen molar-refractivity contribution in [3.05, 3.63) is 22.4 Å². The molecule has 0 bridgehead atoms. The van der Waals surface area contributed by atoms with E-state index in [-0.39, 0.29) is 24.0 Å². The van der Waals surface area contributed by atoms with E-state index in [1.54, 1.807) is 4.90 Å². The second-order valence-electron chi connectivity index (χ2n) is 6.93. The molecule has 0 N–H and O–H groups in total. The molecule has 122 valence electrons. The quantitative estimate of drug-likeness (QED) is 0.769. The highest BCUT2D eigenvalue weighted by Gasteiger charge is 2.35. The average Bonchev–Trinajstić information content (AvgIpc) is 2.90. The van der Waals surface area contributed by atoms with E-state index in [0.717, 1.165) is 24.1 Å². The van der Waals surface area contributed by atoms with Crippen LogP contribution in [0.2, 0.25) is 0 Å². The molecule has 0 saturated carbocycles. The number of rotatable bonds is 3. The van der Waals surface area contributed by atoms with E-state index < -0.39 is 5.60 Å². The SMILES string of the molecule is CC1CCCC(CC(=O)c2cccs2)N1C(=O)OC(C)(C)C. The first-order chi connectivity index (χ1) is 10.3. The molecule has 2 heterocycles. The Hall–Kier alpha value is -1.36. The summed E-state index contributed by atoms with van der Waals surface area (Å²) in [5, 5.41) is 1.91. The number of hydrogen-bond donors (Lipinski definition) is 0. The lowest BCUT2D eigenvalue weighted by Crippen LogP contribution is -2.51. The summed E-state index contributed by atoms with van der Waals surface area (Å²) in [6.07, 6.45) is 2.94. The molecule has 1 aliphatic rings. The molecule has 22 heavy (non-hydrogen) atoms. The van der Waals surface area contributed by atoms with Crippen LogP contribution in [0.15, 0.2) is 17.5 Å². The van der Waals surface area contributed by atoms with Gasteiger partial charge in [-0.2, -0.15) is 0 Å². The molecule has 0 spiro atoms. The third-order valence-corrected chi connectivity index (χ3v) is 4.76. The lowest BCUT2D eigenvalue weighted by atomic mass is 9.93. The molecule has 0 radical (unpaired) electrons. The van der Waals surface area contributed by atoms with Crippen LogP contribution in [-0.4, -0.2) is 34.5 Å². The van der Waals surface area contributed by atoms with E-state index in [2.05, 4.69) is 0 Å². The molecule has 2 atom stereocenters. The van der Waals surface area contributed by atoms with Gasteiger partial charge in [0.05, 0.1) is 4.88 Å². The van der Waals surface area contributed by atoms with Gasteiger partial charge in [-0.1, -0.05) is 6.07 Å². The summed E-state index contributed by atoms with van der Waals surface area (Å²) in [7, 11) is 0. The van der Waals surface area contributed by atoms with Gasteiger partial charge in [-0.25, -0.2) is 4.79 Å². The zero-order valence-corrected chi connectivity index (χ0v) is 14.6. The second kappa shape index (κ2) is 6.82. The van der Waals surface area contributed by atoms with E-state index in [9.17, 15) is 9.59 Å². The Morgan fingerprint density at radius 1 is 1.36 bits per heavy atom. The van der Waals surface area contributed by atoms with Gasteiger partial charge in [0.2, 0.25) is 0 Å². The van der Waals surface area contributed by atoms with Crippen molar-refractivity contribution in [2.45, 2.75) is 71.1 Å². The summed E-state index contributed by atoms with van der Waals surface area (Å²) in [5.41, 5.74) is -0.517. The van der Waals surface area contributed by atoms with Crippen LogP contribution >= 0.6 is 11.3 Å². The minimum atomic E-state index is -0.517. The summed E-state index contributed by atoms with van der Waals surface area (Å²) in [4.78, 5) is 27.4. The monoisotopic (exact) mass is 323 g/mol. The minimum absolute atomic E-state index is 0.0619. The van der Waals surface area contributed by atoms with Crippen LogP contribution in [0.5, 0.6) is 0 Å². The Morgan fingerprint density at radius 2 is 2.09 bits per heavy atom. The molecule has 1 fully saturated rings. The predicted octanol–water partition coefficient (Wildman–Crippen LogP) is 4.50. The van der Waals surface area contributed by atoms with Gasteiger partial charge in [0, 0.05) is 18.5 Å². The highest BCUT2D eigenvalue weighted by Crippen LogP contribution is 2.28. The Kier molecular flexibility index (Phi) is 5.27. The maximum atomic E-state index is 12.5. The van der Waals surface area contributed by atoms with Crippen molar-refractivity contribution in [2.24, 2.45) is 0 Å². The van der Waals surface area contributed by atoms with Crippen molar-refractivity contribution >= 4 is 23.2 Å². The highest BCUT2D eigenvalue weighted by molar-refractivity contribution is 7.12. The lowest BCUT2D eigenvalue weighted by Gasteiger charge is -2.41. The molecule has 1 aliphatic heterocycles. The number of likely N-dealkylation sites (tertiary alicyclic amines) is 1. The number of thiophene rings is 1. The van der Waals surface area contributed by atoms with Gasteiger partial charge in [-0.3, -0.25) is 4.79 Å². The van der Waals surface area contributed by atoms with Crippen molar-refractivity contribution in [3.63, 3.8) is 0 Å². The summed E-state index contributed by atoms with van der Waals surface area (Å²) >= 11 is 1.46. The molecule has 0 aliphatic carbocycles. The van der Waals surface area contributed by atoms with Gasteiger partial charge in [-0.15, -0.1) is 11.3 Å². The van der Waals surface area contributed by atoms with E-state index in [0.29, 0.717) is 6.42 Å². The number of amides is 1. The second-order valence-corrected chi connectivity index (χ2v) is 7.87. The molecular formula is C17H25NO3S. The fraction of sp³-hybridized carbons (Fsp3) is 0.647. The third-order valence-electron chi connectivity index (χ3n) is 3.85. The van der Waals surface area contributed by atoms with E-state index >= 15 is 0 Å². The minimum Gasteiger partial charge on any atom is -0.444 e. The van der Waals surface area contributed by atoms with Crippen molar-refractivity contribution in [1.82, 2.24) is 4.90 Å². The van der Waals surface area contributed by atoms with E-state index in [1.807, 2.05) is 45.2 Å². The molecule has 4 nitrogen and oxygen atoms in total. The van der Waals surface area contributed by atoms with Crippen LogP contribution in [0.4, 0.5) is 4.79 Å². The summed E-state index contributed by atoms with van der Waals surface area (Å²) in [6, 6.07) is 3.78. The number of carbonyl (C=O) groups excluding carboxylic acids is 2. The Labute approximate surface area is 136 Å². The van der Waals surface area contributed by atoms with Gasteiger partial charge in [0.15, 0.2) is 5.78 Å². The molecule has 1 saturated heterocycles. The zero-order chi connectivity index (χ0) is 16.3. The number of hydrogen-bond acceptors (Lipinski definition) is 4. The van der Waals surface area contributed by atoms with Gasteiger partial charge in [-0.05, 0) is 58.4 Å². The average molecular weight is 323 g/mol. The van der Waals surface area contributed by atoms with Crippen LogP contribution < -0.4 is 0 Å². The molecule has 1 amide bonds. The van der Waals surface area contributed by atoms with Crippen LogP contribution in [-0.2, 0) is 4.74 Å². The van der Waals surface area contributed by atoms with Crippen LogP contribution in [0.3, 0.4) is 0 Å². The Balaban J connectivity index is 2.09. The number of Topliss-reactive ketones (excluding diaryl/α,β-unsaturated/α-hetero) is 1. The first-order valence-corrected chi connectivity index (χ1v) is 8.74. The molecule has 1 aromatic rings. The topological polar surface area (TPSA) is 46.6 Å². The Morgan fingerprint density at radius 3 is 2.68 bits per heavy atom. The lowest BCUT2D eigenvalue weighted by molar-refractivity contribution is -0.00303. The van der Waals surface area contributed by atoms with Gasteiger partial charge >= 0.3 is 6.09 Å². The van der Waals surface area contributed by atoms with Gasteiger partial charge in [0.1, 0.15) is 5.60 Å². The first-order valence-electron chi connectivity index (χ1n) is 7.86. The number of ether oxygens (including phenoxy) is 1. The largest absolute Gasteiger partial charge is 0.444 e. The van der Waals surface area contributed by atoms with Crippen molar-refractivity contribution in [3.8, 4) is 0 Å². The number of piperidine rings is 1. The molecule has 5 heteroatoms. The van der Waals surface area contributed by atoms with Crippen LogP contribution in [0.25, 0.3) is 0 Å². The summed E-state index contributed by atoms with van der Waals surface area (Å²) in [6.45, 7) is 7.63. The van der Waals surface area contributed by atoms with Gasteiger partial charge in [0.25, 0.3) is 0 Å². The normalized spacial score (nSPS) is 22.5. The smallest absolute Gasteiger partial charge is 0.410 e. The van der Waals surface area contributed by atoms with Crippen molar-refractivity contribution in [2.75, 3.05) is 0 Å². The van der Waals surface area contributed by atoms with Crippen LogP contribution in [0.1, 0.15) is 63.0 Å². The highest BCUT2D eigenvalue weighted by atomic mass is 32.1. The fourth-order valence-corrected chi connectivity index (χ4v) is 3.56. The first kappa shape index (κ1) is 17.0. The predicted molar refractivity (Wildman–Crippen MR) is 88.4 cm³/mol. The van der Waals surface area contributed by atoms with Gasteiger partial charge < -0.3 is 9.64 Å². The summed E-state index contributed by atoms with van der Waals surface area (Å²) in [5.74, 6) is 0.114. The maximum absolute atomic E-state index is 12.5. The van der Waals surface area contributed by atoms with E-state index in [1.165, 1.54) is 11.3 Å². The number of carbonyl (C=O) groups is 2. The van der Waals surface area contributed by atoms with Crippen LogP contribution in [0, 0.1) is 0 Å². The standard InChI is InChI=1S/C17H25NO3S/c1-12-7-5-8-13(11-14(19)15-9-6-10-22-15)18(12)16(20)21-17(2,3)4/h6,9-10,12-13H,5,7-8,11H2,1-4H3.